The number of hydrogen-bond acceptors (Lipinski definition) is 9. The zero-order valence-electron chi connectivity index (χ0n) is 22.2. The first-order chi connectivity index (χ1) is 18.3. The molecule has 3 aromatic heterocycles. The summed E-state index contributed by atoms with van der Waals surface area (Å²) in [5.41, 5.74) is 4.14. The molecule has 0 saturated carbocycles. The van der Waals surface area contributed by atoms with Crippen LogP contribution in [0.1, 0.15) is 0 Å². The Balaban J connectivity index is 1.70. The van der Waals surface area contributed by atoms with Crippen LogP contribution in [0.5, 0.6) is 11.5 Å². The van der Waals surface area contributed by atoms with Gasteiger partial charge in [-0.15, -0.1) is 0 Å². The van der Waals surface area contributed by atoms with Crippen molar-refractivity contribution in [2.45, 2.75) is 0 Å². The lowest BCUT2D eigenvalue weighted by atomic mass is 10.2. The molecule has 11 heteroatoms. The fourth-order valence-corrected chi connectivity index (χ4v) is 3.92. The van der Waals surface area contributed by atoms with E-state index in [0.29, 0.717) is 40.2 Å². The van der Waals surface area contributed by atoms with E-state index in [4.69, 9.17) is 14.5 Å². The van der Waals surface area contributed by atoms with Crippen molar-refractivity contribution in [1.29, 1.82) is 0 Å². The smallest absolute Gasteiger partial charge is 0.247 e. The number of likely N-dealkylation sites (N-methyl/N-ethyl adjacent to an activating group) is 2. The van der Waals surface area contributed by atoms with Crippen LogP contribution in [0.25, 0.3) is 17.0 Å². The van der Waals surface area contributed by atoms with Crippen LogP contribution >= 0.6 is 0 Å². The molecule has 0 aliphatic carbocycles. The van der Waals surface area contributed by atoms with E-state index in [1.807, 2.05) is 56.0 Å². The highest BCUT2D eigenvalue weighted by molar-refractivity contribution is 6.02. The Kier molecular flexibility index (Phi) is 8.07. The lowest BCUT2D eigenvalue weighted by Crippen LogP contribution is -2.29. The summed E-state index contributed by atoms with van der Waals surface area (Å²) < 4.78 is 13.0. The lowest BCUT2D eigenvalue weighted by Gasteiger charge is -2.26. The van der Waals surface area contributed by atoms with E-state index in [2.05, 4.69) is 37.0 Å². The summed E-state index contributed by atoms with van der Waals surface area (Å²) in [7, 11) is 9.20. The number of ether oxygens (including phenoxy) is 2. The van der Waals surface area contributed by atoms with Gasteiger partial charge in [0.1, 0.15) is 5.75 Å². The van der Waals surface area contributed by atoms with E-state index in [1.54, 1.807) is 32.7 Å². The predicted molar refractivity (Wildman–Crippen MR) is 150 cm³/mol. The summed E-state index contributed by atoms with van der Waals surface area (Å²) in [5, 5.41) is 6.14. The van der Waals surface area contributed by atoms with Crippen molar-refractivity contribution < 1.29 is 14.3 Å². The van der Waals surface area contributed by atoms with Crippen molar-refractivity contribution >= 4 is 34.6 Å². The monoisotopic (exact) mass is 516 g/mol. The zero-order chi connectivity index (χ0) is 27.2. The molecule has 1 aromatic carbocycles. The Morgan fingerprint density at radius 1 is 1.08 bits per heavy atom. The quantitative estimate of drug-likeness (QED) is 0.289. The Bertz CT molecular complexity index is 1450. The first kappa shape index (κ1) is 26.4. The third kappa shape index (κ3) is 5.68. The predicted octanol–water partition coefficient (Wildman–Crippen LogP) is 3.67. The number of carbonyl (C=O) groups is 1. The van der Waals surface area contributed by atoms with Gasteiger partial charge in [0.05, 0.1) is 48.9 Å². The van der Waals surface area contributed by atoms with E-state index in [1.165, 1.54) is 6.08 Å². The van der Waals surface area contributed by atoms with Crippen molar-refractivity contribution in [3.63, 3.8) is 0 Å². The Morgan fingerprint density at radius 2 is 1.87 bits per heavy atom. The minimum atomic E-state index is -0.315. The molecule has 4 rings (SSSR count). The molecular formula is C27H32N8O3. The second kappa shape index (κ2) is 11.6. The van der Waals surface area contributed by atoms with Gasteiger partial charge in [0.25, 0.3) is 0 Å². The van der Waals surface area contributed by atoms with E-state index >= 15 is 0 Å². The number of aromatic nitrogens is 4. The van der Waals surface area contributed by atoms with Gasteiger partial charge in [0.15, 0.2) is 11.4 Å². The van der Waals surface area contributed by atoms with E-state index in [0.717, 1.165) is 24.5 Å². The maximum Gasteiger partial charge on any atom is 0.247 e. The van der Waals surface area contributed by atoms with Crippen molar-refractivity contribution in [2.75, 3.05) is 64.0 Å². The summed E-state index contributed by atoms with van der Waals surface area (Å²) in [6.07, 6.45) is 6.54. The molecule has 0 aliphatic heterocycles. The number of anilines is 4. The number of imidazole rings is 1. The molecule has 2 N–H and O–H groups in total. The number of fused-ring (bicyclic) bond motifs is 1. The van der Waals surface area contributed by atoms with Gasteiger partial charge in [-0.05, 0) is 44.4 Å². The van der Waals surface area contributed by atoms with Gasteiger partial charge in [-0.1, -0.05) is 6.58 Å². The summed E-state index contributed by atoms with van der Waals surface area (Å²) >= 11 is 0. The molecule has 0 bridgehead atoms. The average Bonchev–Trinajstić information content (AvgIpc) is 3.36. The van der Waals surface area contributed by atoms with E-state index in [-0.39, 0.29) is 5.91 Å². The topological polar surface area (TPSA) is 109 Å². The molecular weight excluding hydrogens is 484 g/mol. The Hall–Kier alpha value is -4.64. The van der Waals surface area contributed by atoms with Crippen molar-refractivity contribution in [2.24, 2.45) is 0 Å². The highest BCUT2D eigenvalue weighted by Crippen LogP contribution is 2.38. The number of hydrogen-bond donors (Lipinski definition) is 2. The third-order valence-electron chi connectivity index (χ3n) is 5.94. The Labute approximate surface area is 221 Å². The molecule has 0 unspecified atom stereocenters. The molecule has 3 heterocycles. The number of benzene rings is 1. The van der Waals surface area contributed by atoms with Crippen molar-refractivity contribution in [3.05, 3.63) is 61.6 Å². The summed E-state index contributed by atoms with van der Waals surface area (Å²) in [4.78, 5) is 30.0. The van der Waals surface area contributed by atoms with Gasteiger partial charge in [-0.2, -0.15) is 0 Å². The number of rotatable bonds is 11. The molecule has 0 atom stereocenters. The van der Waals surface area contributed by atoms with Crippen molar-refractivity contribution in [3.8, 4) is 22.9 Å². The highest BCUT2D eigenvalue weighted by Gasteiger charge is 2.17. The maximum absolute atomic E-state index is 12.2. The highest BCUT2D eigenvalue weighted by atomic mass is 16.5. The number of amides is 1. The van der Waals surface area contributed by atoms with Crippen LogP contribution < -0.4 is 25.0 Å². The average molecular weight is 517 g/mol. The number of nitrogens with zero attached hydrogens (tertiary/aromatic N) is 6. The second-order valence-corrected chi connectivity index (χ2v) is 8.79. The van der Waals surface area contributed by atoms with Gasteiger partial charge in [0.2, 0.25) is 11.9 Å². The Morgan fingerprint density at radius 3 is 2.58 bits per heavy atom. The van der Waals surface area contributed by atoms with Crippen LogP contribution in [0.4, 0.5) is 23.0 Å². The standard InChI is InChI=1S/C27H32N8O3/c1-7-25(36)30-19-15-20(24(38-6)16-21(19)34(4)14-13-33(2)3)32-27-28-11-10-18(31-27)22-17-29-26-23(37-5)9-8-12-35(22)26/h7-12,15-17H,1,13-14H2,2-6H3,(H,30,36)(H,28,31,32). The van der Waals surface area contributed by atoms with Crippen LogP contribution in [0.3, 0.4) is 0 Å². The van der Waals surface area contributed by atoms with Gasteiger partial charge in [-0.25, -0.2) is 15.0 Å². The SMILES string of the molecule is C=CC(=O)Nc1cc(Nc2nccc(-c3cnc4c(OC)cccn34)n2)c(OC)cc1N(C)CCN(C)C. The summed E-state index contributed by atoms with van der Waals surface area (Å²) in [6.45, 7) is 5.16. The minimum absolute atomic E-state index is 0.315. The van der Waals surface area contributed by atoms with Crippen LogP contribution in [-0.4, -0.2) is 78.6 Å². The largest absolute Gasteiger partial charge is 0.494 e. The molecule has 0 radical (unpaired) electrons. The van der Waals surface area contributed by atoms with Gasteiger partial charge in [-0.3, -0.25) is 9.20 Å². The molecule has 4 aromatic rings. The van der Waals surface area contributed by atoms with Crippen LogP contribution in [-0.2, 0) is 4.79 Å². The molecule has 0 saturated heterocycles. The third-order valence-corrected chi connectivity index (χ3v) is 5.94. The van der Waals surface area contributed by atoms with Crippen molar-refractivity contribution in [1.82, 2.24) is 24.3 Å². The van der Waals surface area contributed by atoms with Gasteiger partial charge < -0.3 is 29.9 Å². The van der Waals surface area contributed by atoms with Gasteiger partial charge in [0, 0.05) is 38.6 Å². The minimum Gasteiger partial charge on any atom is -0.494 e. The molecule has 0 spiro atoms. The van der Waals surface area contributed by atoms with Gasteiger partial charge >= 0.3 is 0 Å². The normalized spacial score (nSPS) is 10.9. The first-order valence-electron chi connectivity index (χ1n) is 12.0. The summed E-state index contributed by atoms with van der Waals surface area (Å²) in [6, 6.07) is 9.23. The first-order valence-corrected chi connectivity index (χ1v) is 12.0. The van der Waals surface area contributed by atoms with Crippen LogP contribution in [0.2, 0.25) is 0 Å². The molecule has 0 aliphatic rings. The van der Waals surface area contributed by atoms with Crippen LogP contribution in [0.15, 0.2) is 61.6 Å². The number of nitrogens with one attached hydrogen (secondary N) is 2. The van der Waals surface area contributed by atoms with Crippen LogP contribution in [0, 0.1) is 0 Å². The number of carbonyl (C=O) groups excluding carboxylic acids is 1. The molecule has 198 valence electrons. The molecule has 11 nitrogen and oxygen atoms in total. The fourth-order valence-electron chi connectivity index (χ4n) is 3.92. The molecule has 38 heavy (non-hydrogen) atoms. The van der Waals surface area contributed by atoms with E-state index in [9.17, 15) is 4.79 Å². The molecule has 1 amide bonds. The summed E-state index contributed by atoms with van der Waals surface area (Å²) in [5.74, 6) is 1.28. The molecule has 0 fully saturated rings. The lowest BCUT2D eigenvalue weighted by molar-refractivity contribution is -0.111. The van der Waals surface area contributed by atoms with E-state index < -0.39 is 0 Å². The number of pyridine rings is 1. The maximum atomic E-state index is 12.2. The zero-order valence-corrected chi connectivity index (χ0v) is 22.2. The number of methoxy groups -OCH3 is 2. The second-order valence-electron chi connectivity index (χ2n) is 8.79. The fraction of sp³-hybridized carbons (Fsp3) is 0.259.